The fraction of sp³-hybridized carbons (Fsp3) is 0.192. The van der Waals surface area contributed by atoms with E-state index in [2.05, 4.69) is 15.8 Å². The van der Waals surface area contributed by atoms with E-state index in [-0.39, 0.29) is 24.8 Å². The molecule has 2 N–H and O–H groups in total. The maximum absolute atomic E-state index is 12.3. The Kier molecular flexibility index (Phi) is 9.07. The van der Waals surface area contributed by atoms with Crippen molar-refractivity contribution in [2.45, 2.75) is 6.42 Å². The Labute approximate surface area is 203 Å². The van der Waals surface area contributed by atoms with E-state index in [1.54, 1.807) is 49.6 Å². The summed E-state index contributed by atoms with van der Waals surface area (Å²) in [5.41, 5.74) is 4.54. The molecule has 0 spiro atoms. The first kappa shape index (κ1) is 25.1. The highest BCUT2D eigenvalue weighted by Crippen LogP contribution is 2.28. The van der Waals surface area contributed by atoms with Crippen LogP contribution < -0.4 is 29.7 Å². The number of hydrazone groups is 1. The molecule has 0 heterocycles. The molecule has 0 aliphatic rings. The third-order valence-corrected chi connectivity index (χ3v) is 4.83. The second kappa shape index (κ2) is 12.6. The summed E-state index contributed by atoms with van der Waals surface area (Å²) < 4.78 is 21.4. The number of carbonyl (C=O) groups is 2. The second-order valence-corrected chi connectivity index (χ2v) is 7.27. The van der Waals surface area contributed by atoms with Crippen molar-refractivity contribution in [2.75, 3.05) is 33.3 Å². The zero-order chi connectivity index (χ0) is 25.0. The average Bonchev–Trinajstić information content (AvgIpc) is 2.88. The summed E-state index contributed by atoms with van der Waals surface area (Å²) in [5.74, 6) is 1.44. The molecule has 3 rings (SSSR count). The summed E-state index contributed by atoms with van der Waals surface area (Å²) in [6.07, 6.45) is 1.66. The molecule has 0 saturated heterocycles. The third kappa shape index (κ3) is 7.50. The Balaban J connectivity index is 1.53. The molecule has 3 aromatic carbocycles. The molecule has 0 unspecified atom stereocenters. The Hall–Kier alpha value is -4.53. The quantitative estimate of drug-likeness (QED) is 0.324. The molecular weight excluding hydrogens is 450 g/mol. The van der Waals surface area contributed by atoms with Crippen molar-refractivity contribution in [3.05, 3.63) is 77.9 Å². The van der Waals surface area contributed by atoms with Gasteiger partial charge in [0.1, 0.15) is 11.5 Å². The molecule has 0 aromatic heterocycles. The van der Waals surface area contributed by atoms with E-state index >= 15 is 0 Å². The van der Waals surface area contributed by atoms with E-state index in [9.17, 15) is 9.59 Å². The van der Waals surface area contributed by atoms with Gasteiger partial charge in [-0.15, -0.1) is 0 Å². The topological polar surface area (TPSA) is 107 Å². The number of ether oxygens (including phenoxy) is 4. The summed E-state index contributed by atoms with van der Waals surface area (Å²) in [6, 6.07) is 19.4. The standard InChI is InChI=1S/C26H27N3O6/c1-32-20-8-6-7-18(13-20)15-25(30)29-27-16-19-11-12-23(24(14-19)34-3)35-17-26(31)28-21-9-4-5-10-22(21)33-2/h4-14,16H,15,17H2,1-3H3,(H,28,31)(H,29,30)/b27-16+. The average molecular weight is 478 g/mol. The fourth-order valence-corrected chi connectivity index (χ4v) is 3.15. The lowest BCUT2D eigenvalue weighted by atomic mass is 10.1. The van der Waals surface area contributed by atoms with Crippen molar-refractivity contribution in [3.63, 3.8) is 0 Å². The first-order chi connectivity index (χ1) is 17.0. The smallest absolute Gasteiger partial charge is 0.262 e. The normalized spacial score (nSPS) is 10.5. The molecular formula is C26H27N3O6. The molecule has 2 amide bonds. The summed E-state index contributed by atoms with van der Waals surface area (Å²) >= 11 is 0. The molecule has 0 aliphatic carbocycles. The molecule has 0 bridgehead atoms. The van der Waals surface area contributed by atoms with Gasteiger partial charge in [0.25, 0.3) is 5.91 Å². The molecule has 0 fully saturated rings. The van der Waals surface area contributed by atoms with E-state index < -0.39 is 0 Å². The number of hydrogen-bond donors (Lipinski definition) is 2. The van der Waals surface area contributed by atoms with Crippen molar-refractivity contribution >= 4 is 23.7 Å². The highest BCUT2D eigenvalue weighted by Gasteiger charge is 2.11. The molecule has 0 saturated carbocycles. The van der Waals surface area contributed by atoms with Crippen LogP contribution in [0.25, 0.3) is 0 Å². The van der Waals surface area contributed by atoms with Crippen LogP contribution in [0.2, 0.25) is 0 Å². The number of methoxy groups -OCH3 is 3. The van der Waals surface area contributed by atoms with Gasteiger partial charge in [-0.3, -0.25) is 9.59 Å². The Morgan fingerprint density at radius 3 is 2.40 bits per heavy atom. The SMILES string of the molecule is COc1cccc(CC(=O)N/N=C/c2ccc(OCC(=O)Nc3ccccc3OC)c(OC)c2)c1. The number of benzene rings is 3. The Morgan fingerprint density at radius 2 is 1.63 bits per heavy atom. The van der Waals surface area contributed by atoms with Crippen LogP contribution >= 0.6 is 0 Å². The summed E-state index contributed by atoms with van der Waals surface area (Å²) in [5, 5.41) is 6.74. The lowest BCUT2D eigenvalue weighted by Gasteiger charge is -2.12. The lowest BCUT2D eigenvalue weighted by molar-refractivity contribution is -0.120. The summed E-state index contributed by atoms with van der Waals surface area (Å²) in [6.45, 7) is -0.220. The van der Waals surface area contributed by atoms with Crippen molar-refractivity contribution in [1.82, 2.24) is 5.43 Å². The minimum Gasteiger partial charge on any atom is -0.497 e. The summed E-state index contributed by atoms with van der Waals surface area (Å²) in [7, 11) is 4.60. The number of para-hydroxylation sites is 2. The first-order valence-corrected chi connectivity index (χ1v) is 10.7. The maximum Gasteiger partial charge on any atom is 0.262 e. The minimum atomic E-state index is -0.346. The van der Waals surface area contributed by atoms with Crippen LogP contribution in [0.3, 0.4) is 0 Å². The van der Waals surface area contributed by atoms with Gasteiger partial charge in [0.05, 0.1) is 39.7 Å². The monoisotopic (exact) mass is 477 g/mol. The molecule has 9 nitrogen and oxygen atoms in total. The van der Waals surface area contributed by atoms with Gasteiger partial charge in [-0.1, -0.05) is 24.3 Å². The van der Waals surface area contributed by atoms with Crippen LogP contribution in [0.4, 0.5) is 5.69 Å². The van der Waals surface area contributed by atoms with Gasteiger partial charge in [0, 0.05) is 0 Å². The van der Waals surface area contributed by atoms with Gasteiger partial charge in [0.2, 0.25) is 5.91 Å². The van der Waals surface area contributed by atoms with E-state index in [1.807, 2.05) is 24.3 Å². The molecule has 182 valence electrons. The van der Waals surface area contributed by atoms with Gasteiger partial charge < -0.3 is 24.3 Å². The lowest BCUT2D eigenvalue weighted by Crippen LogP contribution is -2.20. The number of nitrogens with zero attached hydrogens (tertiary/aromatic N) is 1. The number of anilines is 1. The molecule has 0 atom stereocenters. The largest absolute Gasteiger partial charge is 0.497 e. The predicted octanol–water partition coefficient (Wildman–Crippen LogP) is 3.42. The van der Waals surface area contributed by atoms with Gasteiger partial charge in [-0.25, -0.2) is 5.43 Å². The predicted molar refractivity (Wildman–Crippen MR) is 133 cm³/mol. The number of hydrogen-bond acceptors (Lipinski definition) is 7. The van der Waals surface area contributed by atoms with Gasteiger partial charge in [-0.05, 0) is 53.6 Å². The van der Waals surface area contributed by atoms with Gasteiger partial charge in [-0.2, -0.15) is 5.10 Å². The zero-order valence-electron chi connectivity index (χ0n) is 19.7. The second-order valence-electron chi connectivity index (χ2n) is 7.27. The van der Waals surface area contributed by atoms with E-state index in [1.165, 1.54) is 20.4 Å². The fourth-order valence-electron chi connectivity index (χ4n) is 3.15. The van der Waals surface area contributed by atoms with Crippen molar-refractivity contribution in [1.29, 1.82) is 0 Å². The molecule has 9 heteroatoms. The van der Waals surface area contributed by atoms with E-state index in [0.29, 0.717) is 34.2 Å². The van der Waals surface area contributed by atoms with E-state index in [4.69, 9.17) is 18.9 Å². The zero-order valence-corrected chi connectivity index (χ0v) is 19.7. The number of carbonyl (C=O) groups excluding carboxylic acids is 2. The van der Waals surface area contributed by atoms with Crippen LogP contribution in [0.5, 0.6) is 23.0 Å². The van der Waals surface area contributed by atoms with Crippen molar-refractivity contribution in [3.8, 4) is 23.0 Å². The summed E-state index contributed by atoms with van der Waals surface area (Å²) in [4.78, 5) is 24.4. The Morgan fingerprint density at radius 1 is 0.829 bits per heavy atom. The van der Waals surface area contributed by atoms with Crippen LogP contribution in [0.15, 0.2) is 71.8 Å². The maximum atomic E-state index is 12.3. The molecule has 3 aromatic rings. The van der Waals surface area contributed by atoms with Crippen molar-refractivity contribution < 1.29 is 28.5 Å². The van der Waals surface area contributed by atoms with Crippen LogP contribution in [-0.2, 0) is 16.0 Å². The number of amides is 2. The number of rotatable bonds is 11. The van der Waals surface area contributed by atoms with Crippen LogP contribution in [-0.4, -0.2) is 46.0 Å². The van der Waals surface area contributed by atoms with Crippen LogP contribution in [0, 0.1) is 0 Å². The van der Waals surface area contributed by atoms with Gasteiger partial charge >= 0.3 is 0 Å². The van der Waals surface area contributed by atoms with Crippen LogP contribution in [0.1, 0.15) is 11.1 Å². The minimum absolute atomic E-state index is 0.168. The number of nitrogens with one attached hydrogen (secondary N) is 2. The highest BCUT2D eigenvalue weighted by atomic mass is 16.5. The van der Waals surface area contributed by atoms with E-state index in [0.717, 1.165) is 5.56 Å². The Bertz CT molecular complexity index is 1200. The first-order valence-electron chi connectivity index (χ1n) is 10.7. The highest BCUT2D eigenvalue weighted by molar-refractivity contribution is 5.93. The van der Waals surface area contributed by atoms with Crippen molar-refractivity contribution in [2.24, 2.45) is 5.10 Å². The van der Waals surface area contributed by atoms with Gasteiger partial charge in [0.15, 0.2) is 18.1 Å². The third-order valence-electron chi connectivity index (χ3n) is 4.83. The molecule has 0 aliphatic heterocycles. The molecule has 0 radical (unpaired) electrons. The molecule has 35 heavy (non-hydrogen) atoms.